The molecule has 2 heterocycles. The normalized spacial score (nSPS) is 11.6. The SMILES string of the molecule is O=C(CCc1ccc(Cl)s1)Nc1n[nH]c(C(F)(F)F)n1. The third kappa shape index (κ3) is 3.94. The Morgan fingerprint density at radius 2 is 2.20 bits per heavy atom. The molecule has 0 spiro atoms. The maximum absolute atomic E-state index is 12.3. The van der Waals surface area contributed by atoms with Gasteiger partial charge in [0.25, 0.3) is 0 Å². The number of carbonyl (C=O) groups is 1. The predicted octanol–water partition coefficient (Wildman–Crippen LogP) is 3.11. The second-order valence-electron chi connectivity index (χ2n) is 3.76. The summed E-state index contributed by atoms with van der Waals surface area (Å²) in [5, 5.41) is 7.18. The fraction of sp³-hybridized carbons (Fsp3) is 0.300. The van der Waals surface area contributed by atoms with Crippen LogP contribution >= 0.6 is 22.9 Å². The first-order chi connectivity index (χ1) is 9.34. The molecule has 0 fully saturated rings. The highest BCUT2D eigenvalue weighted by atomic mass is 35.5. The summed E-state index contributed by atoms with van der Waals surface area (Å²) < 4.78 is 37.4. The summed E-state index contributed by atoms with van der Waals surface area (Å²) >= 11 is 7.08. The summed E-state index contributed by atoms with van der Waals surface area (Å²) in [7, 11) is 0. The third-order valence-electron chi connectivity index (χ3n) is 2.23. The van der Waals surface area contributed by atoms with Crippen LogP contribution in [0.15, 0.2) is 12.1 Å². The molecule has 5 nitrogen and oxygen atoms in total. The number of amides is 1. The van der Waals surface area contributed by atoms with Gasteiger partial charge in [0.1, 0.15) is 0 Å². The van der Waals surface area contributed by atoms with Crippen LogP contribution < -0.4 is 5.32 Å². The first-order valence-corrected chi connectivity index (χ1v) is 6.57. The van der Waals surface area contributed by atoms with Crippen LogP contribution in [0.3, 0.4) is 0 Å². The number of H-pyrrole nitrogens is 1. The zero-order valence-electron chi connectivity index (χ0n) is 9.79. The van der Waals surface area contributed by atoms with Crippen molar-refractivity contribution in [1.29, 1.82) is 0 Å². The molecule has 2 aromatic rings. The van der Waals surface area contributed by atoms with Gasteiger partial charge in [-0.1, -0.05) is 11.6 Å². The minimum atomic E-state index is -4.62. The van der Waals surface area contributed by atoms with Gasteiger partial charge in [0.15, 0.2) is 0 Å². The van der Waals surface area contributed by atoms with Crippen LogP contribution in [0.25, 0.3) is 0 Å². The number of hydrogen-bond donors (Lipinski definition) is 2. The molecule has 108 valence electrons. The van der Waals surface area contributed by atoms with Crippen LogP contribution in [-0.2, 0) is 17.4 Å². The molecule has 0 aliphatic rings. The lowest BCUT2D eigenvalue weighted by molar-refractivity contribution is -0.144. The van der Waals surface area contributed by atoms with Crippen molar-refractivity contribution in [2.75, 3.05) is 5.32 Å². The molecule has 10 heteroatoms. The summed E-state index contributed by atoms with van der Waals surface area (Å²) in [6.07, 6.45) is -4.07. The molecule has 0 aliphatic heterocycles. The van der Waals surface area contributed by atoms with Crippen molar-refractivity contribution in [3.05, 3.63) is 27.2 Å². The minimum Gasteiger partial charge on any atom is -0.293 e. The van der Waals surface area contributed by atoms with E-state index in [1.165, 1.54) is 11.3 Å². The van der Waals surface area contributed by atoms with Crippen LogP contribution in [0.1, 0.15) is 17.1 Å². The lowest BCUT2D eigenvalue weighted by Crippen LogP contribution is -2.13. The van der Waals surface area contributed by atoms with Crippen molar-refractivity contribution in [2.45, 2.75) is 19.0 Å². The number of carbonyl (C=O) groups excluding carboxylic acids is 1. The number of rotatable bonds is 4. The Morgan fingerprint density at radius 3 is 2.75 bits per heavy atom. The fourth-order valence-corrected chi connectivity index (χ4v) is 2.44. The Kier molecular flexibility index (Phi) is 4.29. The quantitative estimate of drug-likeness (QED) is 0.907. The van der Waals surface area contributed by atoms with Crippen LogP contribution in [0, 0.1) is 0 Å². The van der Waals surface area contributed by atoms with Crippen molar-refractivity contribution >= 4 is 34.8 Å². The first-order valence-electron chi connectivity index (χ1n) is 5.38. The van der Waals surface area contributed by atoms with Crippen LogP contribution in [0.4, 0.5) is 19.1 Å². The van der Waals surface area contributed by atoms with Gasteiger partial charge < -0.3 is 0 Å². The van der Waals surface area contributed by atoms with E-state index in [4.69, 9.17) is 11.6 Å². The maximum Gasteiger partial charge on any atom is 0.451 e. The molecule has 2 rings (SSSR count). The Balaban J connectivity index is 1.87. The Labute approximate surface area is 120 Å². The van der Waals surface area contributed by atoms with Crippen LogP contribution in [0.2, 0.25) is 4.34 Å². The molecular weight excluding hydrogens is 317 g/mol. The average molecular weight is 325 g/mol. The summed E-state index contributed by atoms with van der Waals surface area (Å²) in [5.41, 5.74) is 0. The standard InChI is InChI=1S/C10H8ClF3N4OS/c11-6-3-1-5(20-6)2-4-7(19)15-9-16-8(17-18-9)10(12,13)14/h1,3H,2,4H2,(H2,15,16,17,18,19). The average Bonchev–Trinajstić information content (AvgIpc) is 2.95. The second kappa shape index (κ2) is 5.80. The van der Waals surface area contributed by atoms with E-state index in [2.05, 4.69) is 15.4 Å². The van der Waals surface area contributed by atoms with Gasteiger partial charge in [-0.25, -0.2) is 0 Å². The number of nitrogens with zero attached hydrogens (tertiary/aromatic N) is 2. The molecule has 20 heavy (non-hydrogen) atoms. The smallest absolute Gasteiger partial charge is 0.293 e. The van der Waals surface area contributed by atoms with Crippen molar-refractivity contribution < 1.29 is 18.0 Å². The van der Waals surface area contributed by atoms with Gasteiger partial charge in [0.2, 0.25) is 17.7 Å². The number of aromatic amines is 1. The van der Waals surface area contributed by atoms with E-state index in [9.17, 15) is 18.0 Å². The summed E-state index contributed by atoms with van der Waals surface area (Å²) in [4.78, 5) is 15.6. The lowest BCUT2D eigenvalue weighted by Gasteiger charge is -2.00. The molecule has 0 unspecified atom stereocenters. The lowest BCUT2D eigenvalue weighted by atomic mass is 10.2. The monoisotopic (exact) mass is 324 g/mol. The molecule has 0 radical (unpaired) electrons. The minimum absolute atomic E-state index is 0.104. The highest BCUT2D eigenvalue weighted by Gasteiger charge is 2.35. The largest absolute Gasteiger partial charge is 0.451 e. The summed E-state index contributed by atoms with van der Waals surface area (Å²) in [6, 6.07) is 3.50. The third-order valence-corrected chi connectivity index (χ3v) is 3.52. The van der Waals surface area contributed by atoms with E-state index in [1.54, 1.807) is 17.2 Å². The molecule has 2 N–H and O–H groups in total. The van der Waals surface area contributed by atoms with Gasteiger partial charge in [0, 0.05) is 11.3 Å². The van der Waals surface area contributed by atoms with E-state index >= 15 is 0 Å². The molecule has 0 aromatic carbocycles. The van der Waals surface area contributed by atoms with E-state index in [-0.39, 0.29) is 6.42 Å². The molecule has 2 aromatic heterocycles. The number of hydrogen-bond acceptors (Lipinski definition) is 4. The van der Waals surface area contributed by atoms with E-state index < -0.39 is 23.9 Å². The van der Waals surface area contributed by atoms with Crippen molar-refractivity contribution in [3.8, 4) is 0 Å². The van der Waals surface area contributed by atoms with Gasteiger partial charge in [-0.3, -0.25) is 15.2 Å². The highest BCUT2D eigenvalue weighted by Crippen LogP contribution is 2.26. The molecule has 0 saturated heterocycles. The first kappa shape index (κ1) is 14.8. The molecule has 0 saturated carbocycles. The van der Waals surface area contributed by atoms with Gasteiger partial charge in [0.05, 0.1) is 4.34 Å². The zero-order valence-corrected chi connectivity index (χ0v) is 11.4. The maximum atomic E-state index is 12.3. The Morgan fingerprint density at radius 1 is 1.45 bits per heavy atom. The molecule has 0 bridgehead atoms. The number of nitrogens with one attached hydrogen (secondary N) is 2. The van der Waals surface area contributed by atoms with Crippen LogP contribution in [-0.4, -0.2) is 21.1 Å². The van der Waals surface area contributed by atoms with Gasteiger partial charge in [-0.05, 0) is 18.6 Å². The summed E-state index contributed by atoms with van der Waals surface area (Å²) in [5.74, 6) is -2.12. The number of thiophene rings is 1. The van der Waals surface area contributed by atoms with Gasteiger partial charge in [-0.15, -0.1) is 16.4 Å². The van der Waals surface area contributed by atoms with Crippen molar-refractivity contribution in [1.82, 2.24) is 15.2 Å². The van der Waals surface area contributed by atoms with Crippen LogP contribution in [0.5, 0.6) is 0 Å². The van der Waals surface area contributed by atoms with E-state index in [0.29, 0.717) is 10.8 Å². The number of halogens is 4. The topological polar surface area (TPSA) is 70.7 Å². The molecular formula is C10H8ClF3N4OS. The number of anilines is 1. The number of aromatic nitrogens is 3. The van der Waals surface area contributed by atoms with Gasteiger partial charge in [-0.2, -0.15) is 18.2 Å². The predicted molar refractivity (Wildman–Crippen MR) is 67.7 cm³/mol. The second-order valence-corrected chi connectivity index (χ2v) is 5.56. The Hall–Kier alpha value is -1.61. The van der Waals surface area contributed by atoms with Crippen molar-refractivity contribution in [3.63, 3.8) is 0 Å². The van der Waals surface area contributed by atoms with E-state index in [0.717, 1.165) is 4.88 Å². The number of aryl methyl sites for hydroxylation is 1. The molecule has 0 aliphatic carbocycles. The van der Waals surface area contributed by atoms with Gasteiger partial charge >= 0.3 is 6.18 Å². The highest BCUT2D eigenvalue weighted by molar-refractivity contribution is 7.16. The Bertz CT molecular complexity index is 610. The molecule has 1 amide bonds. The van der Waals surface area contributed by atoms with E-state index in [1.807, 2.05) is 0 Å². The fourth-order valence-electron chi connectivity index (χ4n) is 1.35. The van der Waals surface area contributed by atoms with Crippen molar-refractivity contribution in [2.24, 2.45) is 0 Å². The zero-order chi connectivity index (χ0) is 14.8. The number of alkyl halides is 3. The molecule has 0 atom stereocenters. The summed E-state index contributed by atoms with van der Waals surface area (Å²) in [6.45, 7) is 0.